The Morgan fingerprint density at radius 1 is 1.31 bits per heavy atom. The van der Waals surface area contributed by atoms with E-state index in [0.717, 1.165) is 0 Å². The van der Waals surface area contributed by atoms with Crippen LogP contribution in [0.1, 0.15) is 13.3 Å². The topological polar surface area (TPSA) is 77.8 Å². The predicted octanol–water partition coefficient (Wildman–Crippen LogP) is 0.589. The lowest BCUT2D eigenvalue weighted by molar-refractivity contribution is -0.142. The minimum Gasteiger partial charge on any atom is -0.480 e. The van der Waals surface area contributed by atoms with Gasteiger partial charge in [-0.3, -0.25) is 14.5 Å². The number of rotatable bonds is 6. The molecule has 0 saturated heterocycles. The van der Waals surface area contributed by atoms with E-state index in [1.807, 2.05) is 6.92 Å². The Morgan fingerprint density at radius 2 is 1.69 bits per heavy atom. The van der Waals surface area contributed by atoms with E-state index in [2.05, 4.69) is 15.9 Å². The maximum atomic E-state index is 10.4. The van der Waals surface area contributed by atoms with E-state index in [-0.39, 0.29) is 18.0 Å². The fourth-order valence-corrected chi connectivity index (χ4v) is 1.15. The van der Waals surface area contributed by atoms with Crippen LogP contribution in [0, 0.1) is 0 Å². The summed E-state index contributed by atoms with van der Waals surface area (Å²) < 4.78 is 0. The Balaban J connectivity index is 4.17. The van der Waals surface area contributed by atoms with Gasteiger partial charge in [-0.15, -0.1) is 0 Å². The van der Waals surface area contributed by atoms with E-state index >= 15 is 0 Å². The van der Waals surface area contributed by atoms with Gasteiger partial charge in [0.05, 0.1) is 18.0 Å². The normalized spacial score (nSPS) is 12.8. The summed E-state index contributed by atoms with van der Waals surface area (Å²) in [6, 6.07) is 0. The number of hydrogen-bond donors (Lipinski definition) is 2. The van der Waals surface area contributed by atoms with E-state index in [4.69, 9.17) is 10.2 Å². The van der Waals surface area contributed by atoms with Gasteiger partial charge in [-0.1, -0.05) is 22.9 Å². The summed E-state index contributed by atoms with van der Waals surface area (Å²) in [6.45, 7) is 1.31. The van der Waals surface area contributed by atoms with E-state index < -0.39 is 11.9 Å². The molecule has 0 heterocycles. The number of nitrogens with zero attached hydrogens (tertiary/aromatic N) is 1. The second-order valence-electron chi connectivity index (χ2n) is 2.54. The predicted molar refractivity (Wildman–Crippen MR) is 49.9 cm³/mol. The van der Waals surface area contributed by atoms with Crippen molar-refractivity contribution in [3.8, 4) is 0 Å². The summed E-state index contributed by atoms with van der Waals surface area (Å²) in [5, 5.41) is 17.0. The molecule has 0 rings (SSSR count). The molecule has 0 bridgehead atoms. The van der Waals surface area contributed by atoms with Gasteiger partial charge >= 0.3 is 11.9 Å². The molecule has 5 nitrogen and oxygen atoms in total. The van der Waals surface area contributed by atoms with Crippen molar-refractivity contribution >= 4 is 27.9 Å². The molecule has 6 heteroatoms. The van der Waals surface area contributed by atoms with Crippen molar-refractivity contribution in [2.45, 2.75) is 18.3 Å². The molecule has 76 valence electrons. The molecular formula is C7H12BrNO4. The number of carboxylic acids is 2. The van der Waals surface area contributed by atoms with Crippen molar-refractivity contribution in [1.82, 2.24) is 4.90 Å². The Morgan fingerprint density at radius 3 is 1.92 bits per heavy atom. The van der Waals surface area contributed by atoms with E-state index in [9.17, 15) is 9.59 Å². The Kier molecular flexibility index (Phi) is 5.65. The molecule has 0 aromatic rings. The largest absolute Gasteiger partial charge is 0.480 e. The van der Waals surface area contributed by atoms with Gasteiger partial charge in [-0.2, -0.15) is 0 Å². The third-order valence-electron chi connectivity index (χ3n) is 1.41. The van der Waals surface area contributed by atoms with Crippen LogP contribution >= 0.6 is 15.9 Å². The fourth-order valence-electron chi connectivity index (χ4n) is 0.860. The molecule has 0 saturated carbocycles. The summed E-state index contributed by atoms with van der Waals surface area (Å²) in [5.41, 5.74) is 0. The number of hydrogen-bond acceptors (Lipinski definition) is 3. The lowest BCUT2D eigenvalue weighted by atomic mass is 10.4. The molecule has 1 atom stereocenters. The highest BCUT2D eigenvalue weighted by Crippen LogP contribution is 2.10. The van der Waals surface area contributed by atoms with E-state index in [0.29, 0.717) is 6.42 Å². The lowest BCUT2D eigenvalue weighted by Crippen LogP contribution is -2.39. The second-order valence-corrected chi connectivity index (χ2v) is 3.59. The number of carboxylic acid groups (broad SMARTS) is 2. The zero-order chi connectivity index (χ0) is 10.4. The van der Waals surface area contributed by atoms with Gasteiger partial charge in [0.2, 0.25) is 0 Å². The molecule has 0 aliphatic heterocycles. The molecule has 13 heavy (non-hydrogen) atoms. The van der Waals surface area contributed by atoms with Crippen molar-refractivity contribution in [3.63, 3.8) is 0 Å². The van der Waals surface area contributed by atoms with Crippen LogP contribution in [0.4, 0.5) is 0 Å². The minimum atomic E-state index is -1.03. The Bertz CT molecular complexity index is 181. The first-order valence-corrected chi connectivity index (χ1v) is 4.70. The Hall–Kier alpha value is -0.620. The maximum absolute atomic E-state index is 10.4. The Labute approximate surface area is 84.5 Å². The molecular weight excluding hydrogens is 242 g/mol. The van der Waals surface area contributed by atoms with Crippen LogP contribution in [0.5, 0.6) is 0 Å². The van der Waals surface area contributed by atoms with Crippen LogP contribution in [0.25, 0.3) is 0 Å². The van der Waals surface area contributed by atoms with Crippen molar-refractivity contribution < 1.29 is 19.8 Å². The SMILES string of the molecule is CCC(Br)N(CC(=O)O)CC(=O)O. The summed E-state index contributed by atoms with van der Waals surface area (Å²) in [5.74, 6) is -2.06. The van der Waals surface area contributed by atoms with Gasteiger partial charge in [0.25, 0.3) is 0 Å². The zero-order valence-electron chi connectivity index (χ0n) is 7.23. The highest BCUT2D eigenvalue weighted by molar-refractivity contribution is 9.09. The van der Waals surface area contributed by atoms with E-state index in [1.54, 1.807) is 0 Å². The summed E-state index contributed by atoms with van der Waals surface area (Å²) in [4.78, 5) is 21.8. The molecule has 1 unspecified atom stereocenters. The van der Waals surface area contributed by atoms with Gasteiger partial charge in [0, 0.05) is 0 Å². The third kappa shape index (κ3) is 5.59. The molecule has 2 N–H and O–H groups in total. The number of aliphatic carboxylic acids is 2. The van der Waals surface area contributed by atoms with Gasteiger partial charge < -0.3 is 10.2 Å². The van der Waals surface area contributed by atoms with Crippen molar-refractivity contribution in [1.29, 1.82) is 0 Å². The number of halogens is 1. The molecule has 0 aromatic carbocycles. The molecule has 0 radical (unpaired) electrons. The smallest absolute Gasteiger partial charge is 0.317 e. The van der Waals surface area contributed by atoms with Gasteiger partial charge in [-0.25, -0.2) is 0 Å². The fraction of sp³-hybridized carbons (Fsp3) is 0.714. The highest BCUT2D eigenvalue weighted by atomic mass is 79.9. The molecule has 0 fully saturated rings. The third-order valence-corrected chi connectivity index (χ3v) is 2.64. The maximum Gasteiger partial charge on any atom is 0.317 e. The average molecular weight is 254 g/mol. The summed E-state index contributed by atoms with van der Waals surface area (Å²) in [6.07, 6.45) is 0.653. The van der Waals surface area contributed by atoms with Crippen molar-refractivity contribution in [3.05, 3.63) is 0 Å². The first kappa shape index (κ1) is 12.4. The van der Waals surface area contributed by atoms with Crippen LogP contribution in [0.15, 0.2) is 0 Å². The van der Waals surface area contributed by atoms with Gasteiger partial charge in [-0.05, 0) is 6.42 Å². The second kappa shape index (κ2) is 5.93. The average Bonchev–Trinajstić information content (AvgIpc) is 2.00. The van der Waals surface area contributed by atoms with Gasteiger partial charge in [0.1, 0.15) is 0 Å². The summed E-state index contributed by atoms with van der Waals surface area (Å²) >= 11 is 3.20. The first-order valence-electron chi connectivity index (χ1n) is 3.79. The zero-order valence-corrected chi connectivity index (χ0v) is 8.82. The van der Waals surface area contributed by atoms with Crippen LogP contribution in [-0.2, 0) is 9.59 Å². The van der Waals surface area contributed by atoms with Crippen LogP contribution in [0.2, 0.25) is 0 Å². The van der Waals surface area contributed by atoms with Crippen molar-refractivity contribution in [2.75, 3.05) is 13.1 Å². The lowest BCUT2D eigenvalue weighted by Gasteiger charge is -2.22. The molecule has 0 aliphatic rings. The molecule has 0 aliphatic carbocycles. The number of alkyl halides is 1. The summed E-state index contributed by atoms with van der Waals surface area (Å²) in [7, 11) is 0. The minimum absolute atomic E-state index is 0.209. The molecule has 0 spiro atoms. The standard InChI is InChI=1S/C7H12BrNO4/c1-2-5(8)9(3-6(10)11)4-7(12)13/h5H,2-4H2,1H3,(H,10,11)(H,12,13). The monoisotopic (exact) mass is 253 g/mol. The quantitative estimate of drug-likeness (QED) is 0.535. The van der Waals surface area contributed by atoms with Crippen LogP contribution in [0.3, 0.4) is 0 Å². The first-order chi connectivity index (χ1) is 5.97. The van der Waals surface area contributed by atoms with Crippen LogP contribution < -0.4 is 0 Å². The molecule has 0 aromatic heterocycles. The number of carbonyl (C=O) groups is 2. The molecule has 0 amide bonds. The van der Waals surface area contributed by atoms with Gasteiger partial charge in [0.15, 0.2) is 0 Å². The van der Waals surface area contributed by atoms with Crippen LogP contribution in [-0.4, -0.2) is 45.1 Å². The van der Waals surface area contributed by atoms with Crippen molar-refractivity contribution in [2.24, 2.45) is 0 Å². The highest BCUT2D eigenvalue weighted by Gasteiger charge is 2.19. The van der Waals surface area contributed by atoms with E-state index in [1.165, 1.54) is 4.90 Å².